The van der Waals surface area contributed by atoms with Gasteiger partial charge in [-0.3, -0.25) is 4.79 Å². The highest BCUT2D eigenvalue weighted by atomic mass is 31.2. The molecule has 0 unspecified atom stereocenters. The molecule has 0 aliphatic heterocycles. The molecule has 8 heavy (non-hydrogen) atoms. The van der Waals surface area contributed by atoms with Crippen molar-refractivity contribution in [3.8, 4) is 0 Å². The molecule has 0 saturated heterocycles. The first kappa shape index (κ1) is 10.8. The first-order valence-corrected chi connectivity index (χ1v) is 2.73. The quantitative estimate of drug-likeness (QED) is 0.242. The number of carbonyl (C=O) groups is 1. The van der Waals surface area contributed by atoms with Crippen molar-refractivity contribution in [3.05, 3.63) is 0 Å². The fourth-order valence-corrected chi connectivity index (χ4v) is 0. The van der Waals surface area contributed by atoms with Gasteiger partial charge in [0, 0.05) is 0 Å². The molecule has 0 rings (SSSR count). The van der Waals surface area contributed by atoms with Crippen LogP contribution in [0.25, 0.3) is 0 Å². The van der Waals surface area contributed by atoms with Crippen molar-refractivity contribution in [3.63, 3.8) is 0 Å². The number of carboxylic acid groups (broad SMARTS) is 1. The lowest BCUT2D eigenvalue weighted by Gasteiger charge is -1.76. The number of rotatable bonds is 0. The summed E-state index contributed by atoms with van der Waals surface area (Å²) in [6.07, 6.45) is 0. The third-order valence-electron chi connectivity index (χ3n) is 0. The Hall–Kier alpha value is -0.155. The van der Waals surface area contributed by atoms with Crippen LogP contribution in [0.5, 0.6) is 0 Å². The van der Waals surface area contributed by atoms with E-state index in [-0.39, 0.29) is 0 Å². The average molecular weight is 140 g/mol. The molecule has 7 heteroatoms. The first-order chi connectivity index (χ1) is 3.46. The largest absolute Gasteiger partial charge is 0.490 e. The van der Waals surface area contributed by atoms with Gasteiger partial charge in [-0.25, -0.2) is 0 Å². The van der Waals surface area contributed by atoms with Gasteiger partial charge in [0.2, 0.25) is 13.7 Å². The minimum absolute atomic E-state index is 0.833. The molecule has 4 N–H and O–H groups in total. The summed E-state index contributed by atoms with van der Waals surface area (Å²) in [6.45, 7) is 0. The molecule has 0 heterocycles. The standard InChI is InChI=1S/CH3BO2.H3O3P/c2-1(3)4;1-4(2)3/h2H2,(H,3,4);1-3H. The molecule has 0 aliphatic carbocycles. The summed E-state index contributed by atoms with van der Waals surface area (Å²) in [6, 6.07) is 0. The van der Waals surface area contributed by atoms with E-state index in [0.717, 1.165) is 7.85 Å². The minimum atomic E-state index is -2.62. The van der Waals surface area contributed by atoms with E-state index in [1.54, 1.807) is 0 Å². The topological polar surface area (TPSA) is 98.0 Å². The van der Waals surface area contributed by atoms with Crippen molar-refractivity contribution in [2.45, 2.75) is 0 Å². The molecule has 0 atom stereocenters. The van der Waals surface area contributed by atoms with Crippen LogP contribution in [-0.2, 0) is 0 Å². The van der Waals surface area contributed by atoms with Crippen LogP contribution in [0.1, 0.15) is 0 Å². The molecule has 5 nitrogen and oxygen atoms in total. The molecule has 0 aromatic heterocycles. The maximum atomic E-state index is 9.00. The number of hydrogen-bond acceptors (Lipinski definition) is 4. The number of hydrogen-bond donors (Lipinski definition) is 4. The van der Waals surface area contributed by atoms with Gasteiger partial charge in [0.05, 0.1) is 0 Å². The first-order valence-electron chi connectivity index (χ1n) is 1.53. The lowest BCUT2D eigenvalue weighted by atomic mass is 10.2. The molecule has 0 aromatic rings. The van der Waals surface area contributed by atoms with Crippen LogP contribution in [0.15, 0.2) is 0 Å². The Kier molecular flexibility index (Phi) is 9.21. The van der Waals surface area contributed by atoms with E-state index in [0.29, 0.717) is 0 Å². The summed E-state index contributed by atoms with van der Waals surface area (Å²) in [5.41, 5.74) is 0. The zero-order valence-electron chi connectivity index (χ0n) is 4.14. The third kappa shape index (κ3) is 5710. The van der Waals surface area contributed by atoms with Crippen LogP contribution < -0.4 is 0 Å². The second-order valence-corrected chi connectivity index (χ2v) is 1.32. The van der Waals surface area contributed by atoms with Crippen molar-refractivity contribution in [1.82, 2.24) is 0 Å². The highest BCUT2D eigenvalue weighted by Crippen LogP contribution is 2.11. The second-order valence-electron chi connectivity index (χ2n) is 0.787. The van der Waals surface area contributed by atoms with Crippen molar-refractivity contribution < 1.29 is 24.6 Å². The van der Waals surface area contributed by atoms with Crippen LogP contribution in [0.2, 0.25) is 0 Å². The summed E-state index contributed by atoms with van der Waals surface area (Å²) in [7, 11) is -1.54. The molecule has 0 bridgehead atoms. The van der Waals surface area contributed by atoms with Crippen molar-refractivity contribution >= 4 is 22.3 Å². The predicted molar refractivity (Wildman–Crippen MR) is 30.1 cm³/mol. The van der Waals surface area contributed by atoms with Gasteiger partial charge in [-0.15, -0.1) is 0 Å². The zero-order chi connectivity index (χ0) is 7.15. The van der Waals surface area contributed by atoms with Crippen LogP contribution in [0, 0.1) is 0 Å². The Morgan fingerprint density at radius 1 is 1.38 bits per heavy atom. The van der Waals surface area contributed by atoms with E-state index in [2.05, 4.69) is 0 Å². The summed E-state index contributed by atoms with van der Waals surface area (Å²) >= 11 is 0. The molecule has 0 aromatic carbocycles. The molecule has 0 aliphatic rings. The fraction of sp³-hybridized carbons (Fsp3) is 0. The van der Waals surface area contributed by atoms with E-state index < -0.39 is 14.5 Å². The Balaban J connectivity index is 0. The van der Waals surface area contributed by atoms with E-state index in [1.165, 1.54) is 0 Å². The van der Waals surface area contributed by atoms with Gasteiger partial charge >= 0.3 is 8.60 Å². The summed E-state index contributed by atoms with van der Waals surface area (Å²) in [4.78, 5) is 30.7. The normalized spacial score (nSPS) is 7.50. The molecule has 0 radical (unpaired) electrons. The van der Waals surface area contributed by atoms with Crippen LogP contribution in [0.3, 0.4) is 0 Å². The van der Waals surface area contributed by atoms with E-state index >= 15 is 0 Å². The lowest BCUT2D eigenvalue weighted by Crippen LogP contribution is -1.83. The molecular weight excluding hydrogens is 134 g/mol. The highest BCUT2D eigenvalue weighted by molar-refractivity contribution is 7.38. The average Bonchev–Trinajstić information content (AvgIpc) is 1.25. The minimum Gasteiger partial charge on any atom is -0.490 e. The van der Waals surface area contributed by atoms with Crippen LogP contribution in [0.4, 0.5) is 4.79 Å². The third-order valence-corrected chi connectivity index (χ3v) is 0. The predicted octanol–water partition coefficient (Wildman–Crippen LogP) is -1.51. The lowest BCUT2D eigenvalue weighted by molar-refractivity contribution is 0.220. The van der Waals surface area contributed by atoms with E-state index in [9.17, 15) is 0 Å². The van der Waals surface area contributed by atoms with Gasteiger partial charge < -0.3 is 19.8 Å². The zero-order valence-corrected chi connectivity index (χ0v) is 5.04. The van der Waals surface area contributed by atoms with Crippen LogP contribution in [-0.4, -0.2) is 33.5 Å². The summed E-state index contributed by atoms with van der Waals surface area (Å²) in [5.74, 6) is -0.833. The maximum Gasteiger partial charge on any atom is 0.324 e. The van der Waals surface area contributed by atoms with Crippen molar-refractivity contribution in [2.24, 2.45) is 0 Å². The SMILES string of the molecule is BC(=O)O.OP(O)O. The monoisotopic (exact) mass is 140 g/mol. The Morgan fingerprint density at radius 2 is 1.38 bits per heavy atom. The van der Waals surface area contributed by atoms with Crippen molar-refractivity contribution in [2.75, 3.05) is 0 Å². The van der Waals surface area contributed by atoms with Gasteiger partial charge in [-0.2, -0.15) is 0 Å². The van der Waals surface area contributed by atoms with Gasteiger partial charge in [-0.05, 0) is 0 Å². The summed E-state index contributed by atoms with van der Waals surface area (Å²) in [5, 5.41) is 7.42. The maximum absolute atomic E-state index is 9.00. The summed E-state index contributed by atoms with van der Waals surface area (Å²) < 4.78 is 0. The highest BCUT2D eigenvalue weighted by Gasteiger charge is 1.76. The molecular formula is CH6BO5P. The fourth-order valence-electron chi connectivity index (χ4n) is 0. The molecule has 48 valence electrons. The van der Waals surface area contributed by atoms with Gasteiger partial charge in [-0.1, -0.05) is 0 Å². The molecule has 0 fully saturated rings. The van der Waals surface area contributed by atoms with E-state index in [4.69, 9.17) is 24.6 Å². The molecule has 0 amide bonds. The van der Waals surface area contributed by atoms with Crippen LogP contribution >= 0.6 is 8.60 Å². The second kappa shape index (κ2) is 6.84. The van der Waals surface area contributed by atoms with Crippen molar-refractivity contribution in [1.29, 1.82) is 0 Å². The Bertz CT molecular complexity index is 56.7. The van der Waals surface area contributed by atoms with Gasteiger partial charge in [0.25, 0.3) is 0 Å². The Morgan fingerprint density at radius 3 is 1.38 bits per heavy atom. The van der Waals surface area contributed by atoms with Gasteiger partial charge in [0.15, 0.2) is 0 Å². The van der Waals surface area contributed by atoms with Gasteiger partial charge in [0.1, 0.15) is 0 Å². The molecule has 0 spiro atoms. The van der Waals surface area contributed by atoms with E-state index in [1.807, 2.05) is 0 Å². The molecule has 0 saturated carbocycles. The Labute approximate surface area is 48.0 Å². The smallest absolute Gasteiger partial charge is 0.324 e.